The van der Waals surface area contributed by atoms with Gasteiger partial charge in [-0.25, -0.2) is 9.67 Å². The maximum absolute atomic E-state index is 14.0. The Balaban J connectivity index is 1.21. The van der Waals surface area contributed by atoms with Crippen molar-refractivity contribution < 1.29 is 19.1 Å². The van der Waals surface area contributed by atoms with Gasteiger partial charge in [0.05, 0.1) is 29.6 Å². The van der Waals surface area contributed by atoms with E-state index in [0.717, 1.165) is 52.7 Å². The van der Waals surface area contributed by atoms with Crippen LogP contribution in [0.5, 0.6) is 5.75 Å². The van der Waals surface area contributed by atoms with Crippen LogP contribution in [0.15, 0.2) is 77.1 Å². The lowest BCUT2D eigenvalue weighted by atomic mass is 10.1. The zero-order valence-corrected chi connectivity index (χ0v) is 25.7. The number of thiazole rings is 1. The Morgan fingerprint density at radius 2 is 1.64 bits per heavy atom. The van der Waals surface area contributed by atoms with Crippen LogP contribution >= 0.6 is 23.1 Å². The number of piperidine rings is 1. The fraction of sp³-hybridized carbons (Fsp3) is 0.242. The van der Waals surface area contributed by atoms with Crippen LogP contribution in [0.1, 0.15) is 45.8 Å². The summed E-state index contributed by atoms with van der Waals surface area (Å²) in [7, 11) is 1.60. The molecule has 1 amide bonds. The Hall–Kier alpha value is -4.48. The fourth-order valence-corrected chi connectivity index (χ4v) is 7.71. The summed E-state index contributed by atoms with van der Waals surface area (Å²) in [6.07, 6.45) is 2.96. The second-order valence-corrected chi connectivity index (χ2v) is 13.0. The van der Waals surface area contributed by atoms with Gasteiger partial charge in [0.25, 0.3) is 0 Å². The molecule has 0 spiro atoms. The summed E-state index contributed by atoms with van der Waals surface area (Å²) >= 11 is 2.51. The molecule has 2 aromatic heterocycles. The summed E-state index contributed by atoms with van der Waals surface area (Å²) in [6, 6.07) is 22.9. The van der Waals surface area contributed by atoms with E-state index in [1.807, 2.05) is 82.6 Å². The minimum Gasteiger partial charge on any atom is -0.497 e. The summed E-state index contributed by atoms with van der Waals surface area (Å²) in [6.45, 7) is 1.39. The lowest BCUT2D eigenvalue weighted by Gasteiger charge is -2.28. The molecule has 0 atom stereocenters. The lowest BCUT2D eigenvalue weighted by Crippen LogP contribution is -2.35. The molecule has 0 unspecified atom stereocenters. The molecule has 0 N–H and O–H groups in total. The van der Waals surface area contributed by atoms with Crippen LogP contribution in [0.25, 0.3) is 15.9 Å². The summed E-state index contributed by atoms with van der Waals surface area (Å²) in [5.41, 5.74) is 4.61. The number of anilines is 2. The molecule has 1 saturated heterocycles. The van der Waals surface area contributed by atoms with Gasteiger partial charge in [-0.3, -0.25) is 14.4 Å². The zero-order valence-electron chi connectivity index (χ0n) is 24.1. The summed E-state index contributed by atoms with van der Waals surface area (Å²) in [5, 5.41) is 4.49. The van der Waals surface area contributed by atoms with Gasteiger partial charge >= 0.3 is 0 Å². The van der Waals surface area contributed by atoms with Gasteiger partial charge in [-0.05, 0) is 91.7 Å². The van der Waals surface area contributed by atoms with Crippen LogP contribution in [0, 0.1) is 0 Å². The molecular weight excluding hydrogens is 595 g/mol. The van der Waals surface area contributed by atoms with E-state index in [4.69, 9.17) is 9.84 Å². The molecule has 0 radical (unpaired) electrons. The number of Topliss-reactive ketones (excluding diaryl/α,β-unsaturated/α-hetero) is 1. The molecule has 0 bridgehead atoms. The Labute approximate surface area is 262 Å². The first kappa shape index (κ1) is 28.3. The van der Waals surface area contributed by atoms with E-state index in [2.05, 4.69) is 4.98 Å². The van der Waals surface area contributed by atoms with Crippen molar-refractivity contribution in [1.29, 1.82) is 0 Å². The van der Waals surface area contributed by atoms with E-state index in [0.29, 0.717) is 46.4 Å². The van der Waals surface area contributed by atoms with Crippen LogP contribution < -0.4 is 14.5 Å². The second-order valence-electron chi connectivity index (χ2n) is 10.7. The highest BCUT2D eigenvalue weighted by Crippen LogP contribution is 2.34. The number of ketones is 1. The number of hydrogen-bond donors (Lipinski definition) is 0. The number of carbonyl (C=O) groups is 3. The monoisotopic (exact) mass is 623 g/mol. The quantitative estimate of drug-likeness (QED) is 0.207. The Morgan fingerprint density at radius 1 is 0.886 bits per heavy atom. The SMILES string of the molecule is COc1ccc(-n2nc(C(=O)Sc3nc4ccccc4s3)c3c2C(=O)CN(c2ccc(N4CCCCC4=O)cc2)CC3)cc1. The minimum absolute atomic E-state index is 0.125. The summed E-state index contributed by atoms with van der Waals surface area (Å²) in [5.74, 6) is 0.704. The number of fused-ring (bicyclic) bond motifs is 2. The predicted molar refractivity (Wildman–Crippen MR) is 173 cm³/mol. The highest BCUT2D eigenvalue weighted by molar-refractivity contribution is 8.15. The number of ether oxygens (including phenoxy) is 1. The van der Waals surface area contributed by atoms with Crippen molar-refractivity contribution >= 4 is 61.5 Å². The Bertz CT molecular complexity index is 1850. The number of nitrogens with zero attached hydrogens (tertiary/aromatic N) is 5. The van der Waals surface area contributed by atoms with Gasteiger partial charge in [-0.15, -0.1) is 11.3 Å². The first-order valence-corrected chi connectivity index (χ1v) is 16.1. The van der Waals surface area contributed by atoms with Gasteiger partial charge in [0.15, 0.2) is 4.34 Å². The third-order valence-electron chi connectivity index (χ3n) is 8.03. The van der Waals surface area contributed by atoms with Gasteiger partial charge in [-0.1, -0.05) is 12.1 Å². The van der Waals surface area contributed by atoms with Crippen LogP contribution in [-0.4, -0.2) is 58.3 Å². The molecule has 11 heteroatoms. The van der Waals surface area contributed by atoms with Crippen LogP contribution in [-0.2, 0) is 11.2 Å². The van der Waals surface area contributed by atoms with Gasteiger partial charge in [-0.2, -0.15) is 5.10 Å². The molecule has 0 saturated carbocycles. The fourth-order valence-electron chi connectivity index (χ4n) is 5.79. The van der Waals surface area contributed by atoms with Crippen molar-refractivity contribution in [3.8, 4) is 11.4 Å². The molecule has 1 fully saturated rings. The van der Waals surface area contributed by atoms with Crippen LogP contribution in [0.4, 0.5) is 11.4 Å². The number of carbonyl (C=O) groups excluding carboxylic acids is 3. The van der Waals surface area contributed by atoms with E-state index >= 15 is 0 Å². The smallest absolute Gasteiger partial charge is 0.246 e. The number of hydrogen-bond acceptors (Lipinski definition) is 9. The van der Waals surface area contributed by atoms with Crippen molar-refractivity contribution in [3.05, 3.63) is 89.7 Å². The number of rotatable bonds is 6. The normalized spacial score (nSPS) is 15.4. The molecule has 3 aromatic carbocycles. The maximum atomic E-state index is 14.0. The Kier molecular flexibility index (Phi) is 7.65. The molecular formula is C33H29N5O4S2. The third kappa shape index (κ3) is 5.37. The topological polar surface area (TPSA) is 97.6 Å². The highest BCUT2D eigenvalue weighted by Gasteiger charge is 2.32. The largest absolute Gasteiger partial charge is 0.497 e. The molecule has 4 heterocycles. The van der Waals surface area contributed by atoms with E-state index in [1.54, 1.807) is 11.8 Å². The molecule has 0 aliphatic carbocycles. The van der Waals surface area contributed by atoms with Gasteiger partial charge < -0.3 is 14.5 Å². The van der Waals surface area contributed by atoms with Crippen LogP contribution in [0.2, 0.25) is 0 Å². The maximum Gasteiger partial charge on any atom is 0.246 e. The number of benzene rings is 3. The van der Waals surface area contributed by atoms with E-state index in [1.165, 1.54) is 11.3 Å². The molecule has 7 rings (SSSR count). The van der Waals surface area contributed by atoms with Gasteiger partial charge in [0.1, 0.15) is 17.1 Å². The summed E-state index contributed by atoms with van der Waals surface area (Å²) in [4.78, 5) is 48.6. The van der Waals surface area contributed by atoms with Crippen molar-refractivity contribution in [2.45, 2.75) is 30.0 Å². The highest BCUT2D eigenvalue weighted by atomic mass is 32.2. The van der Waals surface area contributed by atoms with E-state index < -0.39 is 0 Å². The number of thioether (sulfide) groups is 1. The molecule has 5 aromatic rings. The van der Waals surface area contributed by atoms with Crippen molar-refractivity contribution in [2.24, 2.45) is 0 Å². The number of aromatic nitrogens is 3. The first-order chi connectivity index (χ1) is 21.5. The minimum atomic E-state index is -0.246. The van der Waals surface area contributed by atoms with Crippen molar-refractivity contribution in [1.82, 2.24) is 14.8 Å². The molecule has 222 valence electrons. The van der Waals surface area contributed by atoms with E-state index in [-0.39, 0.29) is 29.0 Å². The molecule has 44 heavy (non-hydrogen) atoms. The summed E-state index contributed by atoms with van der Waals surface area (Å²) < 4.78 is 8.56. The number of amides is 1. The Morgan fingerprint density at radius 3 is 2.39 bits per heavy atom. The zero-order chi connectivity index (χ0) is 30.2. The average Bonchev–Trinajstić information content (AvgIpc) is 3.60. The number of methoxy groups -OCH3 is 1. The standard InChI is InChI=1S/C33H29N5O4S2/c1-42-24-15-13-23(14-16-24)38-31-25(30(35-38)32(41)44-33-34-26-6-2-3-7-28(26)43-33)17-19-36(20-27(31)39)21-9-11-22(12-10-21)37-18-5-4-8-29(37)40/h2-3,6-7,9-16H,4-5,8,17-20H2,1H3. The third-order valence-corrected chi connectivity index (χ3v) is 10.0. The van der Waals surface area contributed by atoms with Crippen molar-refractivity contribution in [2.75, 3.05) is 36.5 Å². The molecule has 2 aliphatic heterocycles. The van der Waals surface area contributed by atoms with E-state index in [9.17, 15) is 14.4 Å². The predicted octanol–water partition coefficient (Wildman–Crippen LogP) is 6.19. The lowest BCUT2D eigenvalue weighted by molar-refractivity contribution is -0.119. The van der Waals surface area contributed by atoms with Crippen LogP contribution in [0.3, 0.4) is 0 Å². The second kappa shape index (κ2) is 11.9. The van der Waals surface area contributed by atoms with Crippen molar-refractivity contribution in [3.63, 3.8) is 0 Å². The average molecular weight is 624 g/mol. The first-order valence-electron chi connectivity index (χ1n) is 14.5. The molecule has 2 aliphatic rings. The van der Waals surface area contributed by atoms with Gasteiger partial charge in [0.2, 0.25) is 16.8 Å². The molecule has 9 nitrogen and oxygen atoms in total. The van der Waals surface area contributed by atoms with Gasteiger partial charge in [0, 0.05) is 36.4 Å². The number of para-hydroxylation sites is 1.